The average Bonchev–Trinajstić information content (AvgIpc) is 3.09. The maximum absolute atomic E-state index is 14.6. The van der Waals surface area contributed by atoms with E-state index in [2.05, 4.69) is 19.9 Å². The summed E-state index contributed by atoms with van der Waals surface area (Å²) < 4.78 is 53.8. The van der Waals surface area contributed by atoms with Gasteiger partial charge in [0.2, 0.25) is 5.95 Å². The Balaban J connectivity index is 1.51. The van der Waals surface area contributed by atoms with Gasteiger partial charge in [0.25, 0.3) is 0 Å². The third-order valence-electron chi connectivity index (χ3n) is 4.81. The van der Waals surface area contributed by atoms with Crippen molar-refractivity contribution in [2.45, 2.75) is 25.4 Å². The van der Waals surface area contributed by atoms with Crippen LogP contribution in [-0.4, -0.2) is 19.9 Å². The first-order valence-electron chi connectivity index (χ1n) is 9.07. The number of nitrogens with one attached hydrogen (secondary N) is 1. The molecule has 4 aromatic rings. The minimum Gasteiger partial charge on any atom is -0.346 e. The van der Waals surface area contributed by atoms with Gasteiger partial charge in [-0.25, -0.2) is 9.97 Å². The van der Waals surface area contributed by atoms with Gasteiger partial charge in [-0.15, -0.1) is 0 Å². The number of hydrogen-bond acceptors (Lipinski definition) is 3. The third kappa shape index (κ3) is 4.28. The van der Waals surface area contributed by atoms with Crippen molar-refractivity contribution in [3.05, 3.63) is 88.0 Å². The van der Waals surface area contributed by atoms with E-state index in [-0.39, 0.29) is 24.8 Å². The highest BCUT2D eigenvalue weighted by Gasteiger charge is 2.33. The molecule has 30 heavy (non-hydrogen) atoms. The molecular weight excluding hydrogens is 420 g/mol. The monoisotopic (exact) mass is 434 g/mol. The van der Waals surface area contributed by atoms with Crippen LogP contribution in [0.15, 0.2) is 49.1 Å². The summed E-state index contributed by atoms with van der Waals surface area (Å²) in [5, 5.41) is 1.27. The Bertz CT molecular complexity index is 1200. The van der Waals surface area contributed by atoms with Crippen LogP contribution < -0.4 is 0 Å². The molecule has 0 fully saturated rings. The number of fused-ring (bicyclic) bond motifs is 1. The highest BCUT2D eigenvalue weighted by Crippen LogP contribution is 2.32. The summed E-state index contributed by atoms with van der Waals surface area (Å²) in [6, 6.07) is 5.92. The lowest BCUT2D eigenvalue weighted by molar-refractivity contribution is -0.138. The van der Waals surface area contributed by atoms with E-state index in [4.69, 9.17) is 11.6 Å². The average molecular weight is 435 g/mol. The Morgan fingerprint density at radius 3 is 2.60 bits per heavy atom. The number of aromatic amines is 1. The maximum Gasteiger partial charge on any atom is 0.416 e. The molecule has 0 unspecified atom stereocenters. The Labute approximate surface area is 174 Å². The van der Waals surface area contributed by atoms with Gasteiger partial charge in [0.1, 0.15) is 5.65 Å². The molecule has 1 N–H and O–H groups in total. The van der Waals surface area contributed by atoms with Crippen molar-refractivity contribution >= 4 is 22.6 Å². The van der Waals surface area contributed by atoms with E-state index >= 15 is 0 Å². The van der Waals surface area contributed by atoms with Crippen molar-refractivity contribution in [1.82, 2.24) is 19.9 Å². The van der Waals surface area contributed by atoms with E-state index < -0.39 is 17.7 Å². The standard InChI is InChI=1S/C21H15ClF4N4/c22-15-8-17-14(10-28-20(17)29-11-15)7-12-1-3-16(30-19(12)23)4-2-13-9-27-6-5-18(13)21(24,25)26/h1,3,5-6,8-11H,2,4,7H2,(H,28,29). The lowest BCUT2D eigenvalue weighted by Gasteiger charge is -2.12. The van der Waals surface area contributed by atoms with Gasteiger partial charge in [-0.2, -0.15) is 17.6 Å². The second-order valence-electron chi connectivity index (χ2n) is 6.82. The SMILES string of the molecule is Fc1nc(CCc2cnccc2C(F)(F)F)ccc1Cc1c[nH]c2ncc(Cl)cc12. The van der Waals surface area contributed by atoms with Gasteiger partial charge in [0, 0.05) is 47.9 Å². The molecule has 0 saturated heterocycles. The zero-order valence-corrected chi connectivity index (χ0v) is 16.2. The van der Waals surface area contributed by atoms with Crippen LogP contribution in [0.4, 0.5) is 17.6 Å². The number of pyridine rings is 3. The van der Waals surface area contributed by atoms with Crippen LogP contribution in [0.3, 0.4) is 0 Å². The molecule has 4 aromatic heterocycles. The molecule has 0 bridgehead atoms. The smallest absolute Gasteiger partial charge is 0.346 e. The van der Waals surface area contributed by atoms with Crippen molar-refractivity contribution in [2.24, 2.45) is 0 Å². The topological polar surface area (TPSA) is 54.5 Å². The number of H-pyrrole nitrogens is 1. The fourth-order valence-electron chi connectivity index (χ4n) is 3.32. The van der Waals surface area contributed by atoms with Gasteiger partial charge < -0.3 is 4.98 Å². The summed E-state index contributed by atoms with van der Waals surface area (Å²) in [7, 11) is 0. The van der Waals surface area contributed by atoms with Gasteiger partial charge in [0.15, 0.2) is 0 Å². The normalized spacial score (nSPS) is 11.9. The molecule has 0 amide bonds. The fourth-order valence-corrected chi connectivity index (χ4v) is 3.48. The van der Waals surface area contributed by atoms with Gasteiger partial charge >= 0.3 is 6.18 Å². The van der Waals surface area contributed by atoms with E-state index in [0.29, 0.717) is 21.9 Å². The summed E-state index contributed by atoms with van der Waals surface area (Å²) in [6.45, 7) is 0. The summed E-state index contributed by atoms with van der Waals surface area (Å²) in [5.74, 6) is -0.654. The number of alkyl halides is 3. The molecule has 0 aromatic carbocycles. The highest BCUT2D eigenvalue weighted by atomic mass is 35.5. The predicted octanol–water partition coefficient (Wildman–Crippen LogP) is 5.54. The Morgan fingerprint density at radius 1 is 1.00 bits per heavy atom. The number of rotatable bonds is 5. The summed E-state index contributed by atoms with van der Waals surface area (Å²) >= 11 is 5.99. The van der Waals surface area contributed by atoms with Gasteiger partial charge in [-0.1, -0.05) is 17.7 Å². The van der Waals surface area contributed by atoms with Crippen molar-refractivity contribution in [3.63, 3.8) is 0 Å². The lowest BCUT2D eigenvalue weighted by Crippen LogP contribution is -2.10. The number of aryl methyl sites for hydroxylation is 2. The van der Waals surface area contributed by atoms with Crippen molar-refractivity contribution in [3.8, 4) is 0 Å². The molecule has 4 rings (SSSR count). The molecule has 0 aliphatic heterocycles. The molecule has 4 nitrogen and oxygen atoms in total. The quantitative estimate of drug-likeness (QED) is 0.331. The first kappa shape index (κ1) is 20.3. The number of nitrogens with zero attached hydrogens (tertiary/aromatic N) is 3. The second kappa shape index (κ2) is 8.02. The molecule has 9 heteroatoms. The van der Waals surface area contributed by atoms with Gasteiger partial charge in [-0.05, 0) is 42.2 Å². The fraction of sp³-hybridized carbons (Fsp3) is 0.190. The van der Waals surface area contributed by atoms with Crippen LogP contribution in [0, 0.1) is 5.95 Å². The molecule has 0 aliphatic rings. The van der Waals surface area contributed by atoms with E-state index in [9.17, 15) is 17.6 Å². The zero-order valence-electron chi connectivity index (χ0n) is 15.5. The molecule has 0 aliphatic carbocycles. The largest absolute Gasteiger partial charge is 0.416 e. The minimum absolute atomic E-state index is 0.0551. The van der Waals surface area contributed by atoms with E-state index in [1.807, 2.05) is 0 Å². The van der Waals surface area contributed by atoms with Crippen LogP contribution in [0.5, 0.6) is 0 Å². The van der Waals surface area contributed by atoms with Crippen LogP contribution in [0.1, 0.15) is 27.9 Å². The molecule has 0 atom stereocenters. The Morgan fingerprint density at radius 2 is 1.83 bits per heavy atom. The molecule has 4 heterocycles. The zero-order chi connectivity index (χ0) is 21.3. The molecule has 0 saturated carbocycles. The number of aromatic nitrogens is 4. The summed E-state index contributed by atoms with van der Waals surface area (Å²) in [5.41, 5.74) is 1.53. The first-order chi connectivity index (χ1) is 14.3. The van der Waals surface area contributed by atoms with Crippen molar-refractivity contribution < 1.29 is 17.6 Å². The maximum atomic E-state index is 14.6. The van der Waals surface area contributed by atoms with Crippen LogP contribution in [0.25, 0.3) is 11.0 Å². The van der Waals surface area contributed by atoms with E-state index in [1.54, 1.807) is 24.4 Å². The van der Waals surface area contributed by atoms with E-state index in [1.165, 1.54) is 12.4 Å². The Kier molecular flexibility index (Phi) is 5.42. The Hall–Kier alpha value is -3.00. The molecule has 154 valence electrons. The predicted molar refractivity (Wildman–Crippen MR) is 105 cm³/mol. The van der Waals surface area contributed by atoms with Crippen molar-refractivity contribution in [1.29, 1.82) is 0 Å². The number of halogens is 5. The number of hydrogen-bond donors (Lipinski definition) is 1. The van der Waals surface area contributed by atoms with Crippen LogP contribution in [-0.2, 0) is 25.4 Å². The third-order valence-corrected chi connectivity index (χ3v) is 5.01. The van der Waals surface area contributed by atoms with E-state index in [0.717, 1.165) is 23.2 Å². The van der Waals surface area contributed by atoms with Gasteiger partial charge in [-0.3, -0.25) is 4.98 Å². The molecular formula is C21H15ClF4N4. The van der Waals surface area contributed by atoms with Crippen LogP contribution >= 0.6 is 11.6 Å². The highest BCUT2D eigenvalue weighted by molar-refractivity contribution is 6.31. The van der Waals surface area contributed by atoms with Gasteiger partial charge in [0.05, 0.1) is 10.6 Å². The molecule has 0 radical (unpaired) electrons. The molecule has 0 spiro atoms. The first-order valence-corrected chi connectivity index (χ1v) is 9.45. The summed E-state index contributed by atoms with van der Waals surface area (Å²) in [6.07, 6.45) is 1.59. The second-order valence-corrected chi connectivity index (χ2v) is 7.26. The summed E-state index contributed by atoms with van der Waals surface area (Å²) in [4.78, 5) is 14.9. The lowest BCUT2D eigenvalue weighted by atomic mass is 10.0. The van der Waals surface area contributed by atoms with Crippen molar-refractivity contribution in [2.75, 3.05) is 0 Å². The van der Waals surface area contributed by atoms with Crippen LogP contribution in [0.2, 0.25) is 5.02 Å². The minimum atomic E-state index is -4.46.